The summed E-state index contributed by atoms with van der Waals surface area (Å²) < 4.78 is 33.0. The highest BCUT2D eigenvalue weighted by Gasteiger charge is 2.19. The Balaban J connectivity index is 1.85. The number of benzene rings is 2. The molecule has 7 heteroatoms. The molecule has 0 aliphatic heterocycles. The molecule has 0 aliphatic rings. The van der Waals surface area contributed by atoms with Crippen molar-refractivity contribution in [2.45, 2.75) is 25.3 Å². The van der Waals surface area contributed by atoms with Crippen LogP contribution in [0.2, 0.25) is 0 Å². The zero-order chi connectivity index (χ0) is 17.3. The second kappa shape index (κ2) is 6.26. The van der Waals surface area contributed by atoms with Crippen molar-refractivity contribution in [3.63, 3.8) is 0 Å². The van der Waals surface area contributed by atoms with Crippen molar-refractivity contribution in [3.05, 3.63) is 53.3 Å². The van der Waals surface area contributed by atoms with Crippen LogP contribution in [-0.4, -0.2) is 25.5 Å². The molecular weight excluding hydrogens is 326 g/mol. The maximum absolute atomic E-state index is 12.6. The second-order valence-electron chi connectivity index (χ2n) is 5.65. The van der Waals surface area contributed by atoms with Crippen molar-refractivity contribution in [2.24, 2.45) is 0 Å². The monoisotopic (exact) mass is 345 g/mol. The molecule has 1 aromatic heterocycles. The topological polar surface area (TPSA) is 84.1 Å². The highest BCUT2D eigenvalue weighted by atomic mass is 32.2. The molecule has 0 aliphatic carbocycles. The Labute approximate surface area is 140 Å². The molecule has 0 spiro atoms. The summed E-state index contributed by atoms with van der Waals surface area (Å²) in [6.45, 7) is 3.91. The van der Waals surface area contributed by atoms with Gasteiger partial charge in [0.25, 0.3) is 0 Å². The van der Waals surface area contributed by atoms with Gasteiger partial charge in [-0.05, 0) is 49.2 Å². The zero-order valence-electron chi connectivity index (χ0n) is 13.8. The van der Waals surface area contributed by atoms with Gasteiger partial charge in [0, 0.05) is 6.54 Å². The third-order valence-corrected chi connectivity index (χ3v) is 5.16. The Morgan fingerprint density at radius 1 is 1.17 bits per heavy atom. The number of aromatic nitrogens is 2. The van der Waals surface area contributed by atoms with Gasteiger partial charge in [0.1, 0.15) is 16.5 Å². The summed E-state index contributed by atoms with van der Waals surface area (Å²) in [5.41, 5.74) is 3.45. The largest absolute Gasteiger partial charge is 0.495 e. The molecule has 0 fully saturated rings. The molecule has 2 aromatic carbocycles. The lowest BCUT2D eigenvalue weighted by atomic mass is 10.2. The zero-order valence-corrected chi connectivity index (χ0v) is 14.6. The van der Waals surface area contributed by atoms with Crippen LogP contribution in [0.15, 0.2) is 41.3 Å². The number of H-pyrrole nitrogens is 1. The Kier molecular flexibility index (Phi) is 4.29. The molecule has 2 N–H and O–H groups in total. The third kappa shape index (κ3) is 3.27. The van der Waals surface area contributed by atoms with Crippen molar-refractivity contribution < 1.29 is 13.2 Å². The predicted octanol–water partition coefficient (Wildman–Crippen LogP) is 2.67. The first-order valence-electron chi connectivity index (χ1n) is 7.48. The molecule has 3 aromatic rings. The van der Waals surface area contributed by atoms with Crippen LogP contribution in [-0.2, 0) is 16.6 Å². The lowest BCUT2D eigenvalue weighted by Gasteiger charge is -2.11. The van der Waals surface area contributed by atoms with Crippen LogP contribution >= 0.6 is 0 Å². The van der Waals surface area contributed by atoms with E-state index in [0.717, 1.165) is 28.0 Å². The number of hydrogen-bond donors (Lipinski definition) is 2. The molecule has 0 unspecified atom stereocenters. The molecule has 0 amide bonds. The number of ether oxygens (including phenoxy) is 1. The summed E-state index contributed by atoms with van der Waals surface area (Å²) in [5, 5.41) is 0. The molecule has 0 saturated carbocycles. The van der Waals surface area contributed by atoms with E-state index in [1.165, 1.54) is 7.11 Å². The van der Waals surface area contributed by atoms with Crippen LogP contribution in [0.3, 0.4) is 0 Å². The fourth-order valence-corrected chi connectivity index (χ4v) is 3.81. The quantitative estimate of drug-likeness (QED) is 0.744. The predicted molar refractivity (Wildman–Crippen MR) is 92.6 cm³/mol. The summed E-state index contributed by atoms with van der Waals surface area (Å²) in [6, 6.07) is 10.7. The number of imidazole rings is 1. The van der Waals surface area contributed by atoms with Crippen molar-refractivity contribution in [1.29, 1.82) is 0 Å². The van der Waals surface area contributed by atoms with Crippen LogP contribution in [0.1, 0.15) is 17.0 Å². The van der Waals surface area contributed by atoms with Gasteiger partial charge in [0.15, 0.2) is 0 Å². The van der Waals surface area contributed by atoms with Crippen molar-refractivity contribution in [2.75, 3.05) is 7.11 Å². The maximum atomic E-state index is 12.6. The smallest absolute Gasteiger partial charge is 0.244 e. The van der Waals surface area contributed by atoms with E-state index >= 15 is 0 Å². The van der Waals surface area contributed by atoms with Gasteiger partial charge in [-0.3, -0.25) is 0 Å². The van der Waals surface area contributed by atoms with Gasteiger partial charge in [-0.25, -0.2) is 18.1 Å². The number of methoxy groups -OCH3 is 1. The van der Waals surface area contributed by atoms with E-state index in [0.29, 0.717) is 5.75 Å². The lowest BCUT2D eigenvalue weighted by molar-refractivity contribution is 0.402. The summed E-state index contributed by atoms with van der Waals surface area (Å²) in [7, 11) is -2.22. The fourth-order valence-electron chi connectivity index (χ4n) is 2.54. The van der Waals surface area contributed by atoms with Gasteiger partial charge in [0.05, 0.1) is 18.1 Å². The van der Waals surface area contributed by atoms with Crippen molar-refractivity contribution >= 4 is 21.1 Å². The van der Waals surface area contributed by atoms with Gasteiger partial charge < -0.3 is 9.72 Å². The van der Waals surface area contributed by atoms with Gasteiger partial charge >= 0.3 is 0 Å². The molecule has 0 radical (unpaired) electrons. The van der Waals surface area contributed by atoms with E-state index < -0.39 is 10.0 Å². The van der Waals surface area contributed by atoms with Gasteiger partial charge in [-0.2, -0.15) is 0 Å². The molecule has 1 heterocycles. The van der Waals surface area contributed by atoms with E-state index in [4.69, 9.17) is 4.74 Å². The standard InChI is InChI=1S/C17H19N3O3S/c1-11-4-7-16(23-3)17(8-11)24(21,22)18-10-13-5-6-14-15(9-13)20-12(2)19-14/h4-9,18H,10H2,1-3H3,(H,19,20). The van der Waals surface area contributed by atoms with Crippen LogP contribution in [0, 0.1) is 13.8 Å². The average molecular weight is 345 g/mol. The number of fused-ring (bicyclic) bond motifs is 1. The van der Waals surface area contributed by atoms with E-state index in [2.05, 4.69) is 14.7 Å². The Morgan fingerprint density at radius 3 is 2.71 bits per heavy atom. The number of aryl methyl sites for hydroxylation is 2. The Hall–Kier alpha value is -2.38. The van der Waals surface area contributed by atoms with Crippen molar-refractivity contribution in [1.82, 2.24) is 14.7 Å². The van der Waals surface area contributed by atoms with Crippen LogP contribution in [0.4, 0.5) is 0 Å². The van der Waals surface area contributed by atoms with E-state index in [1.54, 1.807) is 12.1 Å². The second-order valence-corrected chi connectivity index (χ2v) is 7.39. The molecule has 0 saturated heterocycles. The summed E-state index contributed by atoms with van der Waals surface area (Å²) in [6.07, 6.45) is 0. The van der Waals surface area contributed by atoms with Crippen molar-refractivity contribution in [3.8, 4) is 5.75 Å². The summed E-state index contributed by atoms with van der Waals surface area (Å²) in [4.78, 5) is 7.62. The normalized spacial score (nSPS) is 11.8. The maximum Gasteiger partial charge on any atom is 0.244 e. The fraction of sp³-hybridized carbons (Fsp3) is 0.235. The molecule has 3 rings (SSSR count). The number of aromatic amines is 1. The SMILES string of the molecule is COc1ccc(C)cc1S(=O)(=O)NCc1ccc2nc(C)[nH]c2c1. The minimum Gasteiger partial charge on any atom is -0.495 e. The Bertz CT molecular complexity index is 993. The highest BCUT2D eigenvalue weighted by molar-refractivity contribution is 7.89. The molecule has 24 heavy (non-hydrogen) atoms. The minimum absolute atomic E-state index is 0.142. The van der Waals surface area contributed by atoms with Gasteiger partial charge in [-0.15, -0.1) is 0 Å². The van der Waals surface area contributed by atoms with E-state index in [-0.39, 0.29) is 11.4 Å². The number of nitrogens with one attached hydrogen (secondary N) is 2. The van der Waals surface area contributed by atoms with E-state index in [1.807, 2.05) is 38.1 Å². The van der Waals surface area contributed by atoms with Gasteiger partial charge in [0.2, 0.25) is 10.0 Å². The van der Waals surface area contributed by atoms with Gasteiger partial charge in [-0.1, -0.05) is 12.1 Å². The molecule has 6 nitrogen and oxygen atoms in total. The van der Waals surface area contributed by atoms with Crippen LogP contribution in [0.25, 0.3) is 11.0 Å². The molecule has 0 atom stereocenters. The number of sulfonamides is 1. The van der Waals surface area contributed by atoms with Crippen LogP contribution in [0.5, 0.6) is 5.75 Å². The van der Waals surface area contributed by atoms with E-state index in [9.17, 15) is 8.42 Å². The molecule has 126 valence electrons. The minimum atomic E-state index is -3.67. The Morgan fingerprint density at radius 2 is 1.96 bits per heavy atom. The highest BCUT2D eigenvalue weighted by Crippen LogP contribution is 2.24. The number of rotatable bonds is 5. The number of hydrogen-bond acceptors (Lipinski definition) is 4. The average Bonchev–Trinajstić information content (AvgIpc) is 2.92. The van der Waals surface area contributed by atoms with Crippen LogP contribution < -0.4 is 9.46 Å². The first kappa shape index (κ1) is 16.5. The first-order valence-corrected chi connectivity index (χ1v) is 8.97. The third-order valence-electron chi connectivity index (χ3n) is 3.74. The molecular formula is C17H19N3O3S. The first-order chi connectivity index (χ1) is 11.4. The summed E-state index contributed by atoms with van der Waals surface area (Å²) >= 11 is 0. The number of nitrogens with zero attached hydrogens (tertiary/aromatic N) is 1. The lowest BCUT2D eigenvalue weighted by Crippen LogP contribution is -2.23. The summed E-state index contributed by atoms with van der Waals surface area (Å²) in [5.74, 6) is 1.15. The molecule has 0 bridgehead atoms.